The summed E-state index contributed by atoms with van der Waals surface area (Å²) >= 11 is 0. The van der Waals surface area contributed by atoms with Crippen molar-refractivity contribution in [1.29, 1.82) is 0 Å². The van der Waals surface area contributed by atoms with Crippen LogP contribution in [0.3, 0.4) is 0 Å². The van der Waals surface area contributed by atoms with Gasteiger partial charge < -0.3 is 23.9 Å². The fourth-order valence-electron chi connectivity index (χ4n) is 5.60. The largest absolute Gasteiger partial charge is 0.451 e. The molecule has 1 N–H and O–H groups in total. The minimum Gasteiger partial charge on any atom is -0.451 e. The second kappa shape index (κ2) is 16.4. The van der Waals surface area contributed by atoms with Crippen LogP contribution < -0.4 is 0 Å². The molecule has 256 valence electrons. The van der Waals surface area contributed by atoms with Crippen LogP contribution in [-0.4, -0.2) is 39.8 Å². The van der Waals surface area contributed by atoms with Gasteiger partial charge >= 0.3 is 17.9 Å². The summed E-state index contributed by atoms with van der Waals surface area (Å²) in [5.41, 5.74) is 3.18. The maximum Gasteiger partial charge on any atom is 0.355 e. The summed E-state index contributed by atoms with van der Waals surface area (Å²) < 4.78 is 32.5. The first-order valence-corrected chi connectivity index (χ1v) is 16.3. The van der Waals surface area contributed by atoms with E-state index in [1.54, 1.807) is 126 Å². The molecule has 0 fully saturated rings. The highest BCUT2D eigenvalue weighted by Crippen LogP contribution is 2.29. The summed E-state index contributed by atoms with van der Waals surface area (Å²) in [6.45, 7) is 0.178. The number of esters is 3. The molecular weight excluding hydrogens is 649 g/mol. The van der Waals surface area contributed by atoms with Crippen LogP contribution in [0.4, 0.5) is 4.39 Å². The van der Waals surface area contributed by atoms with Crippen molar-refractivity contribution in [2.24, 2.45) is 0 Å². The van der Waals surface area contributed by atoms with Gasteiger partial charge in [0.25, 0.3) is 0 Å². The number of aliphatic hydroxyl groups is 1. The zero-order valence-corrected chi connectivity index (χ0v) is 27.3. The Bertz CT molecular complexity index is 1960. The Hall–Kier alpha value is -6.32. The fourth-order valence-corrected chi connectivity index (χ4v) is 5.60. The molecule has 0 spiro atoms. The molecule has 1 heterocycles. The van der Waals surface area contributed by atoms with Crippen LogP contribution in [0.5, 0.6) is 0 Å². The number of ether oxygens (including phenoxy) is 3. The van der Waals surface area contributed by atoms with Crippen molar-refractivity contribution in [2.45, 2.75) is 31.0 Å². The van der Waals surface area contributed by atoms with Crippen LogP contribution in [0.15, 0.2) is 164 Å². The topological polar surface area (TPSA) is 104 Å². The van der Waals surface area contributed by atoms with Gasteiger partial charge in [0.2, 0.25) is 6.10 Å². The second-order valence-electron chi connectivity index (χ2n) is 11.7. The van der Waals surface area contributed by atoms with E-state index in [0.29, 0.717) is 27.8 Å². The number of benzene rings is 5. The van der Waals surface area contributed by atoms with Gasteiger partial charge in [0.15, 0.2) is 18.3 Å². The van der Waals surface area contributed by atoms with Gasteiger partial charge in [-0.1, -0.05) is 133 Å². The predicted octanol–water partition coefficient (Wildman–Crippen LogP) is 7.23. The van der Waals surface area contributed by atoms with Crippen LogP contribution in [0.1, 0.15) is 50.5 Å². The van der Waals surface area contributed by atoms with Crippen LogP contribution in [0.2, 0.25) is 0 Å². The molecule has 0 amide bonds. The van der Waals surface area contributed by atoms with Crippen LogP contribution >= 0.6 is 0 Å². The molecule has 8 nitrogen and oxygen atoms in total. The smallest absolute Gasteiger partial charge is 0.355 e. The zero-order valence-electron chi connectivity index (χ0n) is 27.3. The number of hydrogen-bond acceptors (Lipinski definition) is 7. The van der Waals surface area contributed by atoms with Gasteiger partial charge in [0.1, 0.15) is 11.5 Å². The molecule has 1 aromatic heterocycles. The van der Waals surface area contributed by atoms with E-state index in [4.69, 9.17) is 14.2 Å². The highest BCUT2D eigenvalue weighted by Gasteiger charge is 2.41. The lowest BCUT2D eigenvalue weighted by atomic mass is 10.0. The van der Waals surface area contributed by atoms with E-state index in [-0.39, 0.29) is 12.2 Å². The minimum absolute atomic E-state index is 0.0202. The monoisotopic (exact) mass is 683 g/mol. The molecule has 9 heteroatoms. The van der Waals surface area contributed by atoms with Crippen molar-refractivity contribution < 1.29 is 38.1 Å². The molecule has 5 aromatic carbocycles. The molecule has 0 radical (unpaired) electrons. The van der Waals surface area contributed by atoms with Gasteiger partial charge in [-0.25, -0.2) is 18.8 Å². The lowest BCUT2D eigenvalue weighted by molar-refractivity contribution is -0.177. The summed E-state index contributed by atoms with van der Waals surface area (Å²) in [6.07, 6.45) is -4.70. The third-order valence-electron chi connectivity index (χ3n) is 8.18. The second-order valence-corrected chi connectivity index (χ2v) is 11.7. The Morgan fingerprint density at radius 2 is 0.980 bits per heavy atom. The van der Waals surface area contributed by atoms with Gasteiger partial charge in [0.05, 0.1) is 0 Å². The highest BCUT2D eigenvalue weighted by molar-refractivity contribution is 5.92. The van der Waals surface area contributed by atoms with Crippen molar-refractivity contribution in [3.63, 3.8) is 0 Å². The SMILES string of the molecule is O=C(O[C@@H](C(=O)OC(c1ccccc1)c1ccccc1)[C@@H](O)C(=O)OC(c1ccccc1)c1ccccc1)c1cccn1Cc1ccc(F)cc1. The summed E-state index contributed by atoms with van der Waals surface area (Å²) in [7, 11) is 0. The Labute approximate surface area is 294 Å². The molecule has 6 rings (SSSR count). The first-order chi connectivity index (χ1) is 24.9. The highest BCUT2D eigenvalue weighted by atomic mass is 19.1. The van der Waals surface area contributed by atoms with E-state index in [1.165, 1.54) is 18.2 Å². The average molecular weight is 684 g/mol. The number of aromatic nitrogens is 1. The maximum atomic E-state index is 14.1. The number of nitrogens with zero attached hydrogens (tertiary/aromatic N) is 1. The average Bonchev–Trinajstić information content (AvgIpc) is 3.65. The fraction of sp³-hybridized carbons (Fsp3) is 0.119. The van der Waals surface area contributed by atoms with Crippen molar-refractivity contribution in [1.82, 2.24) is 4.57 Å². The Morgan fingerprint density at radius 3 is 1.43 bits per heavy atom. The molecule has 0 aliphatic carbocycles. The number of rotatable bonds is 13. The first kappa shape index (κ1) is 34.5. The van der Waals surface area contributed by atoms with E-state index < -0.39 is 48.1 Å². The van der Waals surface area contributed by atoms with Crippen LogP contribution in [0.25, 0.3) is 0 Å². The normalized spacial score (nSPS) is 12.2. The Morgan fingerprint density at radius 1 is 0.549 bits per heavy atom. The number of carbonyl (C=O) groups is 3. The van der Waals surface area contributed by atoms with Crippen LogP contribution in [-0.2, 0) is 30.3 Å². The van der Waals surface area contributed by atoms with E-state index >= 15 is 0 Å². The molecular formula is C42H34FNO7. The number of hydrogen-bond donors (Lipinski definition) is 1. The maximum absolute atomic E-state index is 14.1. The third-order valence-corrected chi connectivity index (χ3v) is 8.18. The number of carbonyl (C=O) groups excluding carboxylic acids is 3. The summed E-state index contributed by atoms with van der Waals surface area (Å²) in [6, 6.07) is 44.5. The zero-order chi connectivity index (χ0) is 35.6. The Kier molecular flexibility index (Phi) is 11.1. The van der Waals surface area contributed by atoms with Gasteiger partial charge in [-0.05, 0) is 52.1 Å². The van der Waals surface area contributed by atoms with Crippen molar-refractivity contribution in [3.05, 3.63) is 203 Å². The standard InChI is InChI=1S/C42H34FNO7/c43-34-25-23-29(24-26-34)28-44-27-13-22-35(44)40(46)51-39(42(48)50-38(32-18-9-3-10-19-32)33-20-11-4-12-21-33)36(45)41(47)49-37(30-14-5-1-6-15-30)31-16-7-2-8-17-31/h1-27,36-39,45H,28H2/t36-,39-/m1/s1. The molecule has 0 aliphatic heterocycles. The lowest BCUT2D eigenvalue weighted by Crippen LogP contribution is -2.45. The molecule has 2 atom stereocenters. The van der Waals surface area contributed by atoms with Gasteiger partial charge in [-0.2, -0.15) is 0 Å². The summed E-state index contributed by atoms with van der Waals surface area (Å²) in [5.74, 6) is -3.79. The Balaban J connectivity index is 1.31. The van der Waals surface area contributed by atoms with Crippen LogP contribution in [0, 0.1) is 5.82 Å². The van der Waals surface area contributed by atoms with E-state index in [2.05, 4.69) is 0 Å². The molecule has 0 unspecified atom stereocenters. The number of halogens is 1. The van der Waals surface area contributed by atoms with E-state index in [0.717, 1.165) is 0 Å². The molecule has 0 bridgehead atoms. The summed E-state index contributed by atoms with van der Waals surface area (Å²) in [4.78, 5) is 41.6. The van der Waals surface area contributed by atoms with Gasteiger partial charge in [-0.15, -0.1) is 0 Å². The van der Waals surface area contributed by atoms with Gasteiger partial charge in [-0.3, -0.25) is 0 Å². The quantitative estimate of drug-likeness (QED) is 0.101. The molecule has 6 aromatic rings. The summed E-state index contributed by atoms with van der Waals surface area (Å²) in [5, 5.41) is 11.5. The molecule has 51 heavy (non-hydrogen) atoms. The van der Waals surface area contributed by atoms with E-state index in [1.807, 2.05) is 24.3 Å². The lowest BCUT2D eigenvalue weighted by Gasteiger charge is -2.26. The molecule has 0 saturated heterocycles. The molecule has 0 aliphatic rings. The third kappa shape index (κ3) is 8.65. The minimum atomic E-state index is -2.27. The predicted molar refractivity (Wildman–Crippen MR) is 187 cm³/mol. The number of aliphatic hydroxyl groups excluding tert-OH is 1. The van der Waals surface area contributed by atoms with Crippen molar-refractivity contribution >= 4 is 17.9 Å². The molecule has 0 saturated carbocycles. The van der Waals surface area contributed by atoms with Gasteiger partial charge in [0, 0.05) is 12.7 Å². The van der Waals surface area contributed by atoms with Crippen molar-refractivity contribution in [3.8, 4) is 0 Å². The van der Waals surface area contributed by atoms with E-state index in [9.17, 15) is 23.9 Å². The first-order valence-electron chi connectivity index (χ1n) is 16.3. The van der Waals surface area contributed by atoms with Crippen molar-refractivity contribution in [2.75, 3.05) is 0 Å².